The Morgan fingerprint density at radius 1 is 1.40 bits per heavy atom. The summed E-state index contributed by atoms with van der Waals surface area (Å²) in [5.74, 6) is -0.653. The Bertz CT molecular complexity index is 695. The molecular formula is C19H25N3O3. The van der Waals surface area contributed by atoms with Crippen LogP contribution in [0, 0.1) is 17.2 Å². The van der Waals surface area contributed by atoms with Gasteiger partial charge in [-0.1, -0.05) is 38.1 Å². The summed E-state index contributed by atoms with van der Waals surface area (Å²) in [6, 6.07) is 9.54. The van der Waals surface area contributed by atoms with Crippen LogP contribution in [0.15, 0.2) is 24.3 Å². The van der Waals surface area contributed by atoms with Gasteiger partial charge in [-0.3, -0.25) is 14.5 Å². The van der Waals surface area contributed by atoms with Gasteiger partial charge in [0.2, 0.25) is 5.91 Å². The maximum absolute atomic E-state index is 12.5. The van der Waals surface area contributed by atoms with Crippen molar-refractivity contribution in [3.8, 4) is 6.07 Å². The number of benzene rings is 1. The van der Waals surface area contributed by atoms with E-state index in [1.807, 2.05) is 43.0 Å². The molecule has 2 rings (SSSR count). The summed E-state index contributed by atoms with van der Waals surface area (Å²) in [7, 11) is 1.35. The number of methoxy groups -OCH3 is 1. The molecule has 0 saturated heterocycles. The van der Waals surface area contributed by atoms with Crippen molar-refractivity contribution in [2.24, 2.45) is 5.92 Å². The van der Waals surface area contributed by atoms with Gasteiger partial charge in [0.1, 0.15) is 11.6 Å². The molecule has 0 spiro atoms. The quantitative estimate of drug-likeness (QED) is 0.822. The molecule has 0 saturated carbocycles. The van der Waals surface area contributed by atoms with Gasteiger partial charge in [-0.05, 0) is 30.4 Å². The van der Waals surface area contributed by atoms with Gasteiger partial charge in [0, 0.05) is 6.54 Å². The Morgan fingerprint density at radius 3 is 2.60 bits per heavy atom. The average Bonchev–Trinajstić information content (AvgIpc) is 2.60. The number of ether oxygens (including phenoxy) is 1. The Labute approximate surface area is 148 Å². The second kappa shape index (κ2) is 7.66. The first-order valence-corrected chi connectivity index (χ1v) is 8.41. The molecule has 0 radical (unpaired) electrons. The Kier molecular flexibility index (Phi) is 5.81. The van der Waals surface area contributed by atoms with Crippen molar-refractivity contribution in [3.63, 3.8) is 0 Å². The van der Waals surface area contributed by atoms with Crippen LogP contribution < -0.4 is 5.32 Å². The highest BCUT2D eigenvalue weighted by Gasteiger charge is 2.35. The van der Waals surface area contributed by atoms with Gasteiger partial charge in [-0.2, -0.15) is 5.26 Å². The highest BCUT2D eigenvalue weighted by Crippen LogP contribution is 2.24. The molecule has 0 unspecified atom stereocenters. The van der Waals surface area contributed by atoms with E-state index >= 15 is 0 Å². The number of esters is 1. The molecule has 6 heteroatoms. The number of hydrogen-bond acceptors (Lipinski definition) is 5. The predicted octanol–water partition coefficient (Wildman–Crippen LogP) is 1.64. The number of nitrogens with one attached hydrogen (secondary N) is 1. The summed E-state index contributed by atoms with van der Waals surface area (Å²) >= 11 is 0. The molecule has 1 aromatic rings. The molecular weight excluding hydrogens is 318 g/mol. The number of carbonyl (C=O) groups is 2. The highest BCUT2D eigenvalue weighted by atomic mass is 16.5. The van der Waals surface area contributed by atoms with Crippen LogP contribution in [0.25, 0.3) is 0 Å². The molecule has 0 bridgehead atoms. The van der Waals surface area contributed by atoms with Crippen LogP contribution in [-0.2, 0) is 27.3 Å². The summed E-state index contributed by atoms with van der Waals surface area (Å²) < 4.78 is 4.91. The number of fused-ring (bicyclic) bond motifs is 1. The van der Waals surface area contributed by atoms with Crippen molar-refractivity contribution < 1.29 is 14.3 Å². The van der Waals surface area contributed by atoms with Crippen LogP contribution in [0.3, 0.4) is 0 Å². The van der Waals surface area contributed by atoms with Crippen LogP contribution in [-0.4, -0.2) is 42.0 Å². The van der Waals surface area contributed by atoms with Crippen molar-refractivity contribution in [1.29, 1.82) is 5.26 Å². The number of rotatable bonds is 5. The molecule has 6 nitrogen and oxygen atoms in total. The van der Waals surface area contributed by atoms with E-state index in [0.29, 0.717) is 13.0 Å². The van der Waals surface area contributed by atoms with Crippen LogP contribution >= 0.6 is 0 Å². The zero-order valence-electron chi connectivity index (χ0n) is 15.2. The lowest BCUT2D eigenvalue weighted by Gasteiger charge is -2.35. The van der Waals surface area contributed by atoms with Gasteiger partial charge in [-0.25, -0.2) is 0 Å². The van der Waals surface area contributed by atoms with E-state index in [1.165, 1.54) is 7.11 Å². The van der Waals surface area contributed by atoms with Crippen LogP contribution in [0.5, 0.6) is 0 Å². The van der Waals surface area contributed by atoms with Gasteiger partial charge < -0.3 is 10.1 Å². The van der Waals surface area contributed by atoms with Crippen molar-refractivity contribution in [1.82, 2.24) is 10.2 Å². The number of hydrogen-bond donors (Lipinski definition) is 1. The fourth-order valence-electron chi connectivity index (χ4n) is 2.93. The highest BCUT2D eigenvalue weighted by molar-refractivity contribution is 5.82. The van der Waals surface area contributed by atoms with E-state index in [9.17, 15) is 14.9 Å². The van der Waals surface area contributed by atoms with E-state index in [1.54, 1.807) is 6.92 Å². The molecule has 1 aromatic carbocycles. The minimum atomic E-state index is -0.939. The van der Waals surface area contributed by atoms with Crippen molar-refractivity contribution in [3.05, 3.63) is 35.4 Å². The van der Waals surface area contributed by atoms with Crippen LogP contribution in [0.2, 0.25) is 0 Å². The Morgan fingerprint density at radius 2 is 2.04 bits per heavy atom. The number of amides is 1. The smallest absolute Gasteiger partial charge is 0.323 e. The summed E-state index contributed by atoms with van der Waals surface area (Å²) in [5.41, 5.74) is 1.26. The third-order valence-corrected chi connectivity index (χ3v) is 4.95. The van der Waals surface area contributed by atoms with E-state index in [0.717, 1.165) is 11.1 Å². The average molecular weight is 343 g/mol. The SMILES string of the molecule is COC(=O)[C@H]1Cc2ccccc2CN1CC(=O)N[C@](C)(C#N)C(C)C. The summed E-state index contributed by atoms with van der Waals surface area (Å²) in [6.45, 7) is 6.01. The second-order valence-electron chi connectivity index (χ2n) is 6.93. The molecule has 1 amide bonds. The molecule has 0 fully saturated rings. The van der Waals surface area contributed by atoms with Crippen LogP contribution in [0.1, 0.15) is 31.9 Å². The number of nitrogens with zero attached hydrogens (tertiary/aromatic N) is 2. The molecule has 1 aliphatic rings. The third kappa shape index (κ3) is 4.18. The zero-order valence-corrected chi connectivity index (χ0v) is 15.2. The minimum absolute atomic E-state index is 0.0278. The maximum atomic E-state index is 12.5. The lowest BCUT2D eigenvalue weighted by Crippen LogP contribution is -2.55. The van der Waals surface area contributed by atoms with Gasteiger partial charge >= 0.3 is 5.97 Å². The molecule has 25 heavy (non-hydrogen) atoms. The van der Waals surface area contributed by atoms with Crippen LogP contribution in [0.4, 0.5) is 0 Å². The molecule has 1 heterocycles. The predicted molar refractivity (Wildman–Crippen MR) is 93.4 cm³/mol. The van der Waals surface area contributed by atoms with Crippen molar-refractivity contribution >= 4 is 11.9 Å². The van der Waals surface area contributed by atoms with Crippen molar-refractivity contribution in [2.45, 2.75) is 45.3 Å². The zero-order chi connectivity index (χ0) is 18.6. The van der Waals surface area contributed by atoms with Gasteiger partial charge in [0.15, 0.2) is 0 Å². The Hall–Kier alpha value is -2.39. The minimum Gasteiger partial charge on any atom is -0.468 e. The molecule has 134 valence electrons. The largest absolute Gasteiger partial charge is 0.468 e. The first kappa shape index (κ1) is 18.9. The normalized spacial score (nSPS) is 19.4. The fraction of sp³-hybridized carbons (Fsp3) is 0.526. The molecule has 2 atom stereocenters. The topological polar surface area (TPSA) is 82.4 Å². The Balaban J connectivity index is 2.17. The second-order valence-corrected chi connectivity index (χ2v) is 6.93. The maximum Gasteiger partial charge on any atom is 0.323 e. The van der Waals surface area contributed by atoms with Gasteiger partial charge in [0.05, 0.1) is 19.7 Å². The van der Waals surface area contributed by atoms with Crippen molar-refractivity contribution in [2.75, 3.05) is 13.7 Å². The fourth-order valence-corrected chi connectivity index (χ4v) is 2.93. The van der Waals surface area contributed by atoms with E-state index in [-0.39, 0.29) is 24.3 Å². The summed E-state index contributed by atoms with van der Waals surface area (Å²) in [4.78, 5) is 26.5. The van der Waals surface area contributed by atoms with E-state index in [4.69, 9.17) is 4.74 Å². The third-order valence-electron chi connectivity index (χ3n) is 4.95. The first-order chi connectivity index (χ1) is 11.8. The lowest BCUT2D eigenvalue weighted by molar-refractivity contribution is -0.148. The lowest BCUT2D eigenvalue weighted by atomic mass is 9.90. The molecule has 0 aromatic heterocycles. The summed E-state index contributed by atoms with van der Waals surface area (Å²) in [5, 5.41) is 12.2. The number of nitriles is 1. The standard InChI is InChI=1S/C19H25N3O3/c1-13(2)19(3,12-20)21-17(23)11-22-10-15-8-6-5-7-14(15)9-16(22)18(24)25-4/h5-8,13,16H,9-11H2,1-4H3,(H,21,23)/t16-,19-/m1/s1. The van der Waals surface area contributed by atoms with Gasteiger partial charge in [0.25, 0.3) is 0 Å². The van der Waals surface area contributed by atoms with E-state index < -0.39 is 11.6 Å². The first-order valence-electron chi connectivity index (χ1n) is 8.41. The number of carbonyl (C=O) groups excluding carboxylic acids is 2. The van der Waals surface area contributed by atoms with E-state index in [2.05, 4.69) is 11.4 Å². The van der Waals surface area contributed by atoms with Gasteiger partial charge in [-0.15, -0.1) is 0 Å². The molecule has 0 aliphatic carbocycles. The summed E-state index contributed by atoms with van der Waals surface area (Å²) in [6.07, 6.45) is 0.510. The monoisotopic (exact) mass is 343 g/mol. The molecule has 1 aliphatic heterocycles. The molecule has 1 N–H and O–H groups in total.